The molecule has 0 bridgehead atoms. The Hall–Kier alpha value is -1.00. The molecule has 0 radical (unpaired) electrons. The van der Waals surface area contributed by atoms with E-state index in [1.165, 1.54) is 0 Å². The summed E-state index contributed by atoms with van der Waals surface area (Å²) < 4.78 is 5.74. The monoisotopic (exact) mass is 264 g/mol. The van der Waals surface area contributed by atoms with Crippen molar-refractivity contribution in [3.8, 4) is 0 Å². The zero-order valence-corrected chi connectivity index (χ0v) is 11.4. The summed E-state index contributed by atoms with van der Waals surface area (Å²) in [6.07, 6.45) is 0.411. The minimum atomic E-state index is -1.48. The number of ketones is 2. The SMILES string of the molecule is C=C1CO[C@H]2[C@@H]3[C@@H](CC(=O)[C@H]2C)[C@H](C)CC(=O)[C@]13O. The van der Waals surface area contributed by atoms with Crippen LogP contribution in [0.2, 0.25) is 0 Å². The van der Waals surface area contributed by atoms with E-state index in [0.29, 0.717) is 18.4 Å². The smallest absolute Gasteiger partial charge is 0.169 e. The van der Waals surface area contributed by atoms with Crippen molar-refractivity contribution in [3.63, 3.8) is 0 Å². The molecule has 0 spiro atoms. The molecular formula is C15H20O4. The largest absolute Gasteiger partial charge is 0.377 e. The van der Waals surface area contributed by atoms with Crippen molar-refractivity contribution < 1.29 is 19.4 Å². The number of hydrogen-bond donors (Lipinski definition) is 1. The van der Waals surface area contributed by atoms with Crippen molar-refractivity contribution in [2.75, 3.05) is 6.61 Å². The zero-order valence-electron chi connectivity index (χ0n) is 11.4. The molecular weight excluding hydrogens is 244 g/mol. The number of ether oxygens (including phenoxy) is 1. The molecule has 1 N–H and O–H groups in total. The maximum atomic E-state index is 12.3. The first-order valence-corrected chi connectivity index (χ1v) is 6.95. The summed E-state index contributed by atoms with van der Waals surface area (Å²) in [6, 6.07) is 0. The van der Waals surface area contributed by atoms with Gasteiger partial charge < -0.3 is 9.84 Å². The maximum Gasteiger partial charge on any atom is 0.169 e. The van der Waals surface area contributed by atoms with Gasteiger partial charge >= 0.3 is 0 Å². The molecule has 4 heteroatoms. The van der Waals surface area contributed by atoms with E-state index in [1.54, 1.807) is 0 Å². The van der Waals surface area contributed by atoms with Crippen LogP contribution in [0.1, 0.15) is 26.7 Å². The molecule has 3 aliphatic rings. The van der Waals surface area contributed by atoms with Crippen LogP contribution in [0.15, 0.2) is 12.2 Å². The first-order chi connectivity index (χ1) is 8.87. The molecule has 0 aromatic heterocycles. The molecule has 104 valence electrons. The third-order valence-electron chi connectivity index (χ3n) is 5.39. The highest BCUT2D eigenvalue weighted by Gasteiger charge is 2.62. The average molecular weight is 264 g/mol. The fourth-order valence-electron chi connectivity index (χ4n) is 4.16. The number of rotatable bonds is 0. The molecule has 6 atom stereocenters. The van der Waals surface area contributed by atoms with Crippen LogP contribution < -0.4 is 0 Å². The van der Waals surface area contributed by atoms with E-state index < -0.39 is 5.60 Å². The van der Waals surface area contributed by atoms with Gasteiger partial charge in [0.15, 0.2) is 11.4 Å². The van der Waals surface area contributed by atoms with Crippen molar-refractivity contribution >= 4 is 11.6 Å². The Morgan fingerprint density at radius 1 is 1.32 bits per heavy atom. The van der Waals surface area contributed by atoms with Crippen LogP contribution >= 0.6 is 0 Å². The highest BCUT2D eigenvalue weighted by atomic mass is 16.5. The lowest BCUT2D eigenvalue weighted by atomic mass is 9.53. The highest BCUT2D eigenvalue weighted by Crippen LogP contribution is 2.53. The van der Waals surface area contributed by atoms with Gasteiger partial charge in [-0.1, -0.05) is 20.4 Å². The van der Waals surface area contributed by atoms with Gasteiger partial charge in [-0.15, -0.1) is 0 Å². The second-order valence-corrected chi connectivity index (χ2v) is 6.40. The van der Waals surface area contributed by atoms with E-state index in [-0.39, 0.29) is 47.9 Å². The normalized spacial score (nSPS) is 50.1. The minimum absolute atomic E-state index is 0.0217. The van der Waals surface area contributed by atoms with Crippen LogP contribution in [0, 0.1) is 23.7 Å². The molecule has 1 aliphatic heterocycles. The quantitative estimate of drug-likeness (QED) is 0.666. The summed E-state index contributed by atoms with van der Waals surface area (Å²) in [5.74, 6) is -0.389. The fraction of sp³-hybridized carbons (Fsp3) is 0.733. The predicted octanol–water partition coefficient (Wildman–Crippen LogP) is 1.12. The topological polar surface area (TPSA) is 63.6 Å². The van der Waals surface area contributed by atoms with Gasteiger partial charge in [0.1, 0.15) is 5.78 Å². The van der Waals surface area contributed by atoms with Gasteiger partial charge in [0.2, 0.25) is 0 Å². The molecule has 0 aromatic rings. The lowest BCUT2D eigenvalue weighted by Gasteiger charge is -2.56. The fourth-order valence-corrected chi connectivity index (χ4v) is 4.16. The number of hydrogen-bond acceptors (Lipinski definition) is 4. The van der Waals surface area contributed by atoms with Gasteiger partial charge in [-0.05, 0) is 17.4 Å². The Kier molecular flexibility index (Phi) is 2.74. The first kappa shape index (κ1) is 13.0. The summed E-state index contributed by atoms with van der Waals surface area (Å²) in [6.45, 7) is 7.83. The molecule has 0 aromatic carbocycles. The van der Waals surface area contributed by atoms with E-state index >= 15 is 0 Å². The summed E-state index contributed by atoms with van der Waals surface area (Å²) in [5.41, 5.74) is -1.02. The van der Waals surface area contributed by atoms with Crippen molar-refractivity contribution in [1.29, 1.82) is 0 Å². The predicted molar refractivity (Wildman–Crippen MR) is 68.4 cm³/mol. The molecule has 3 rings (SSSR count). The molecule has 0 unspecified atom stereocenters. The van der Waals surface area contributed by atoms with Crippen molar-refractivity contribution in [3.05, 3.63) is 12.2 Å². The van der Waals surface area contributed by atoms with Gasteiger partial charge in [-0.3, -0.25) is 9.59 Å². The average Bonchev–Trinajstić information content (AvgIpc) is 2.35. The third-order valence-corrected chi connectivity index (χ3v) is 5.39. The lowest BCUT2D eigenvalue weighted by molar-refractivity contribution is -0.196. The van der Waals surface area contributed by atoms with E-state index in [2.05, 4.69) is 6.58 Å². The van der Waals surface area contributed by atoms with Crippen molar-refractivity contribution in [1.82, 2.24) is 0 Å². The van der Waals surface area contributed by atoms with Crippen molar-refractivity contribution in [2.24, 2.45) is 23.7 Å². The Balaban J connectivity index is 2.10. The van der Waals surface area contributed by atoms with E-state index in [9.17, 15) is 14.7 Å². The number of Topliss-reactive ketones (excluding diaryl/α,β-unsaturated/α-hetero) is 2. The number of carbonyl (C=O) groups excluding carboxylic acids is 2. The zero-order chi connectivity index (χ0) is 13.9. The van der Waals surface area contributed by atoms with Crippen LogP contribution in [0.5, 0.6) is 0 Å². The van der Waals surface area contributed by atoms with Gasteiger partial charge in [-0.25, -0.2) is 0 Å². The number of aliphatic hydroxyl groups is 1. The van der Waals surface area contributed by atoms with Crippen LogP contribution in [0.4, 0.5) is 0 Å². The highest BCUT2D eigenvalue weighted by molar-refractivity contribution is 5.93. The van der Waals surface area contributed by atoms with Crippen LogP contribution in [-0.4, -0.2) is 35.0 Å². The Labute approximate surface area is 112 Å². The van der Waals surface area contributed by atoms with E-state index in [4.69, 9.17) is 4.74 Å². The van der Waals surface area contributed by atoms with E-state index in [0.717, 1.165) is 0 Å². The summed E-state index contributed by atoms with van der Waals surface area (Å²) in [4.78, 5) is 24.4. The van der Waals surface area contributed by atoms with Crippen molar-refractivity contribution in [2.45, 2.75) is 38.4 Å². The molecule has 2 aliphatic carbocycles. The molecule has 4 nitrogen and oxygen atoms in total. The molecule has 2 saturated carbocycles. The molecule has 3 fully saturated rings. The first-order valence-electron chi connectivity index (χ1n) is 6.95. The standard InChI is InChI=1S/C15H20O4/c1-7-4-12(17)15(18)8(2)6-19-14-9(3)11(16)5-10(7)13(14)15/h7,9-10,13-14,18H,2,4-6H2,1,3H3/t7-,9-,10+,13+,14-,15-/m1/s1. The summed E-state index contributed by atoms with van der Waals surface area (Å²) >= 11 is 0. The Bertz CT molecular complexity index is 467. The third kappa shape index (κ3) is 1.53. The minimum Gasteiger partial charge on any atom is -0.377 e. The molecule has 19 heavy (non-hydrogen) atoms. The summed E-state index contributed by atoms with van der Waals surface area (Å²) in [7, 11) is 0. The van der Waals surface area contributed by atoms with Crippen LogP contribution in [0.25, 0.3) is 0 Å². The Morgan fingerprint density at radius 3 is 2.68 bits per heavy atom. The number of carbonyl (C=O) groups is 2. The van der Waals surface area contributed by atoms with Gasteiger partial charge in [0.05, 0.1) is 12.7 Å². The molecule has 0 amide bonds. The second kappa shape index (κ2) is 4.00. The van der Waals surface area contributed by atoms with E-state index in [1.807, 2.05) is 13.8 Å². The maximum absolute atomic E-state index is 12.3. The molecule has 1 heterocycles. The Morgan fingerprint density at radius 2 is 2.00 bits per heavy atom. The van der Waals surface area contributed by atoms with Gasteiger partial charge in [-0.2, -0.15) is 0 Å². The summed E-state index contributed by atoms with van der Waals surface area (Å²) in [5, 5.41) is 10.9. The second-order valence-electron chi connectivity index (χ2n) is 6.40. The molecule has 1 saturated heterocycles. The van der Waals surface area contributed by atoms with Crippen LogP contribution in [-0.2, 0) is 14.3 Å². The van der Waals surface area contributed by atoms with Gasteiger partial charge in [0.25, 0.3) is 0 Å². The van der Waals surface area contributed by atoms with Gasteiger partial charge in [0, 0.05) is 24.7 Å². The lowest BCUT2D eigenvalue weighted by Crippen LogP contribution is -2.67. The van der Waals surface area contributed by atoms with Crippen LogP contribution in [0.3, 0.4) is 0 Å².